The summed E-state index contributed by atoms with van der Waals surface area (Å²) in [5.74, 6) is -0.775. The van der Waals surface area contributed by atoms with Crippen molar-refractivity contribution in [2.45, 2.75) is 33.6 Å². The summed E-state index contributed by atoms with van der Waals surface area (Å²) in [7, 11) is 0. The summed E-state index contributed by atoms with van der Waals surface area (Å²) in [5, 5.41) is 3.13. The van der Waals surface area contributed by atoms with E-state index in [2.05, 4.69) is 5.32 Å². The lowest BCUT2D eigenvalue weighted by molar-refractivity contribution is -0.175. The molecule has 1 heterocycles. The topological polar surface area (TPSA) is 64.6 Å². The van der Waals surface area contributed by atoms with Crippen LogP contribution in [0.2, 0.25) is 0 Å². The van der Waals surface area contributed by atoms with Gasteiger partial charge in [0.1, 0.15) is 0 Å². The van der Waals surface area contributed by atoms with Crippen molar-refractivity contribution in [3.63, 3.8) is 0 Å². The van der Waals surface area contributed by atoms with Crippen LogP contribution in [0, 0.1) is 11.3 Å². The van der Waals surface area contributed by atoms with Crippen LogP contribution in [0.1, 0.15) is 33.6 Å². The number of hydrogen-bond acceptors (Lipinski definition) is 5. The summed E-state index contributed by atoms with van der Waals surface area (Å²) < 4.78 is 9.79. The summed E-state index contributed by atoms with van der Waals surface area (Å²) in [6, 6.07) is 0. The fourth-order valence-electron chi connectivity index (χ4n) is 1.53. The van der Waals surface area contributed by atoms with Crippen LogP contribution in [0.3, 0.4) is 0 Å². The molecule has 1 saturated heterocycles. The SMILES string of the molecule is CC(C)(C)C(=O)OCOC(=O)C1CCCNC1. The Morgan fingerprint density at radius 2 is 2.00 bits per heavy atom. The minimum atomic E-state index is -0.571. The number of rotatable bonds is 3. The van der Waals surface area contributed by atoms with Gasteiger partial charge >= 0.3 is 11.9 Å². The maximum Gasteiger partial charge on any atom is 0.314 e. The molecule has 0 aliphatic carbocycles. The Bertz CT molecular complexity index is 277. The maximum absolute atomic E-state index is 11.6. The third kappa shape index (κ3) is 4.73. The Hall–Kier alpha value is -1.10. The molecule has 1 atom stereocenters. The van der Waals surface area contributed by atoms with Crippen LogP contribution >= 0.6 is 0 Å². The van der Waals surface area contributed by atoms with E-state index in [1.165, 1.54) is 0 Å². The first-order valence-corrected chi connectivity index (χ1v) is 5.96. The van der Waals surface area contributed by atoms with Gasteiger partial charge < -0.3 is 14.8 Å². The molecule has 1 rings (SSSR count). The van der Waals surface area contributed by atoms with E-state index in [0.29, 0.717) is 6.54 Å². The van der Waals surface area contributed by atoms with Gasteiger partial charge in [-0.2, -0.15) is 0 Å². The van der Waals surface area contributed by atoms with Crippen LogP contribution in [0.4, 0.5) is 0 Å². The lowest BCUT2D eigenvalue weighted by atomic mass is 9.98. The molecule has 98 valence electrons. The first-order chi connectivity index (χ1) is 7.91. The molecule has 1 N–H and O–H groups in total. The van der Waals surface area contributed by atoms with Gasteiger partial charge in [-0.15, -0.1) is 0 Å². The molecule has 0 aromatic heterocycles. The van der Waals surface area contributed by atoms with Gasteiger partial charge in [0.05, 0.1) is 11.3 Å². The molecule has 0 amide bonds. The molecule has 5 nitrogen and oxygen atoms in total. The highest BCUT2D eigenvalue weighted by Gasteiger charge is 2.25. The van der Waals surface area contributed by atoms with Crippen molar-refractivity contribution >= 4 is 11.9 Å². The third-order valence-corrected chi connectivity index (χ3v) is 2.63. The molecule has 1 fully saturated rings. The highest BCUT2D eigenvalue weighted by molar-refractivity contribution is 5.76. The number of piperidine rings is 1. The molecular formula is C12H21NO4. The molecule has 0 aromatic carbocycles. The Labute approximate surface area is 102 Å². The van der Waals surface area contributed by atoms with Crippen molar-refractivity contribution in [2.24, 2.45) is 11.3 Å². The molecule has 17 heavy (non-hydrogen) atoms. The van der Waals surface area contributed by atoms with Crippen LogP contribution in [0.15, 0.2) is 0 Å². The smallest absolute Gasteiger partial charge is 0.314 e. The van der Waals surface area contributed by atoms with Gasteiger partial charge in [-0.05, 0) is 40.2 Å². The molecule has 5 heteroatoms. The van der Waals surface area contributed by atoms with Crippen LogP contribution in [-0.4, -0.2) is 31.8 Å². The van der Waals surface area contributed by atoms with Crippen molar-refractivity contribution < 1.29 is 19.1 Å². The second-order valence-electron chi connectivity index (χ2n) is 5.31. The second-order valence-corrected chi connectivity index (χ2v) is 5.31. The minimum absolute atomic E-state index is 0.114. The van der Waals surface area contributed by atoms with E-state index in [1.807, 2.05) is 0 Å². The lowest BCUT2D eigenvalue weighted by Gasteiger charge is -2.21. The van der Waals surface area contributed by atoms with Gasteiger partial charge in [-0.25, -0.2) is 0 Å². The summed E-state index contributed by atoms with van der Waals surface area (Å²) in [5.41, 5.74) is -0.571. The van der Waals surface area contributed by atoms with Gasteiger partial charge in [0.25, 0.3) is 0 Å². The van der Waals surface area contributed by atoms with Crippen LogP contribution in [0.5, 0.6) is 0 Å². The van der Waals surface area contributed by atoms with Gasteiger partial charge in [0, 0.05) is 6.54 Å². The van der Waals surface area contributed by atoms with E-state index >= 15 is 0 Å². The molecule has 1 unspecified atom stereocenters. The van der Waals surface area contributed by atoms with E-state index in [1.54, 1.807) is 20.8 Å². The average molecular weight is 243 g/mol. The molecule has 1 aliphatic rings. The predicted octanol–water partition coefficient (Wildman–Crippen LogP) is 1.08. The Kier molecular flexibility index (Phi) is 4.93. The largest absolute Gasteiger partial charge is 0.428 e. The molecule has 0 bridgehead atoms. The van der Waals surface area contributed by atoms with Crippen LogP contribution < -0.4 is 5.32 Å². The second kappa shape index (κ2) is 6.00. The number of ether oxygens (including phenoxy) is 2. The highest BCUT2D eigenvalue weighted by atomic mass is 16.7. The predicted molar refractivity (Wildman–Crippen MR) is 62.1 cm³/mol. The highest BCUT2D eigenvalue weighted by Crippen LogP contribution is 2.15. The van der Waals surface area contributed by atoms with Crippen molar-refractivity contribution in [3.8, 4) is 0 Å². The molecule has 0 saturated carbocycles. The number of carbonyl (C=O) groups excluding carboxylic acids is 2. The van der Waals surface area contributed by atoms with E-state index in [4.69, 9.17) is 9.47 Å². The number of carbonyl (C=O) groups is 2. The first-order valence-electron chi connectivity index (χ1n) is 5.96. The molecule has 1 aliphatic heterocycles. The van der Waals surface area contributed by atoms with Gasteiger partial charge in [0.2, 0.25) is 6.79 Å². The van der Waals surface area contributed by atoms with Crippen LogP contribution in [-0.2, 0) is 19.1 Å². The maximum atomic E-state index is 11.6. The molecule has 0 spiro atoms. The Balaban J connectivity index is 2.22. The third-order valence-electron chi connectivity index (χ3n) is 2.63. The Morgan fingerprint density at radius 3 is 2.53 bits per heavy atom. The van der Waals surface area contributed by atoms with Gasteiger partial charge in [-0.1, -0.05) is 0 Å². The minimum Gasteiger partial charge on any atom is -0.428 e. The number of nitrogens with one attached hydrogen (secondary N) is 1. The zero-order valence-electron chi connectivity index (χ0n) is 10.7. The fourth-order valence-corrected chi connectivity index (χ4v) is 1.53. The van der Waals surface area contributed by atoms with E-state index in [9.17, 15) is 9.59 Å². The first kappa shape index (κ1) is 14.0. The molecule has 0 radical (unpaired) electrons. The quantitative estimate of drug-likeness (QED) is 0.593. The number of hydrogen-bond donors (Lipinski definition) is 1. The van der Waals surface area contributed by atoms with Crippen molar-refractivity contribution in [1.29, 1.82) is 0 Å². The normalized spacial score (nSPS) is 20.8. The lowest BCUT2D eigenvalue weighted by Crippen LogP contribution is -2.36. The molecule has 0 aromatic rings. The number of esters is 2. The van der Waals surface area contributed by atoms with Crippen molar-refractivity contribution in [1.82, 2.24) is 5.32 Å². The van der Waals surface area contributed by atoms with E-state index in [0.717, 1.165) is 19.4 Å². The van der Waals surface area contributed by atoms with Crippen LogP contribution in [0.25, 0.3) is 0 Å². The standard InChI is InChI=1S/C12H21NO4/c1-12(2,3)11(15)17-8-16-10(14)9-5-4-6-13-7-9/h9,13H,4-8H2,1-3H3. The molecular weight excluding hydrogens is 222 g/mol. The van der Waals surface area contributed by atoms with E-state index in [-0.39, 0.29) is 24.6 Å². The zero-order chi connectivity index (χ0) is 12.9. The van der Waals surface area contributed by atoms with Crippen molar-refractivity contribution in [2.75, 3.05) is 19.9 Å². The summed E-state index contributed by atoms with van der Waals surface area (Å²) in [6.07, 6.45) is 1.81. The Morgan fingerprint density at radius 1 is 1.29 bits per heavy atom. The fraction of sp³-hybridized carbons (Fsp3) is 0.833. The van der Waals surface area contributed by atoms with Crippen molar-refractivity contribution in [3.05, 3.63) is 0 Å². The summed E-state index contributed by atoms with van der Waals surface area (Å²) >= 11 is 0. The zero-order valence-corrected chi connectivity index (χ0v) is 10.7. The summed E-state index contributed by atoms with van der Waals surface area (Å²) in [6.45, 7) is 6.56. The average Bonchev–Trinajstić information content (AvgIpc) is 2.28. The monoisotopic (exact) mass is 243 g/mol. The van der Waals surface area contributed by atoms with Gasteiger partial charge in [-0.3, -0.25) is 9.59 Å². The summed E-state index contributed by atoms with van der Waals surface area (Å²) in [4.78, 5) is 23.0. The van der Waals surface area contributed by atoms with Gasteiger partial charge in [0.15, 0.2) is 0 Å². The van der Waals surface area contributed by atoms with E-state index < -0.39 is 5.41 Å².